The highest BCUT2D eigenvalue weighted by Gasteiger charge is 2.03. The molecule has 0 saturated heterocycles. The van der Waals surface area contributed by atoms with Crippen LogP contribution in [-0.2, 0) is 0 Å². The highest BCUT2D eigenvalue weighted by Crippen LogP contribution is 2.20. The zero-order chi connectivity index (χ0) is 8.97. The first-order chi connectivity index (χ1) is 5.75. The Morgan fingerprint density at radius 3 is 2.42 bits per heavy atom. The molecule has 5 N–H and O–H groups in total. The fraction of sp³-hybridized carbons (Fsp3) is 0.429. The Bertz CT molecular complexity index is 240. The quantitative estimate of drug-likeness (QED) is 0.608. The average Bonchev–Trinajstić information content (AvgIpc) is 2.04. The molecule has 0 aromatic carbocycles. The van der Waals surface area contributed by atoms with Gasteiger partial charge in [0.1, 0.15) is 12.0 Å². The highest BCUT2D eigenvalue weighted by atomic mass is 15.0. The standard InChI is InChI=1S/C7H13N5/c1-2-3-10-5-6(8)11-4-12-7(5)9/h4,10H,2-3H2,1H3,(H4,8,9,11,12). The smallest absolute Gasteiger partial charge is 0.152 e. The predicted molar refractivity (Wildman–Crippen MR) is 49.6 cm³/mol. The van der Waals surface area contributed by atoms with E-state index in [9.17, 15) is 0 Å². The maximum absolute atomic E-state index is 5.57. The van der Waals surface area contributed by atoms with Gasteiger partial charge >= 0.3 is 0 Å². The van der Waals surface area contributed by atoms with Crippen molar-refractivity contribution < 1.29 is 0 Å². The molecular formula is C7H13N5. The largest absolute Gasteiger partial charge is 0.382 e. The molecule has 0 aliphatic carbocycles. The van der Waals surface area contributed by atoms with Crippen LogP contribution < -0.4 is 16.8 Å². The van der Waals surface area contributed by atoms with Crippen molar-refractivity contribution in [2.75, 3.05) is 23.3 Å². The fourth-order valence-corrected chi connectivity index (χ4v) is 0.845. The van der Waals surface area contributed by atoms with Gasteiger partial charge in [0, 0.05) is 6.54 Å². The van der Waals surface area contributed by atoms with Crippen LogP contribution in [0.3, 0.4) is 0 Å². The Kier molecular flexibility index (Phi) is 2.68. The Labute approximate surface area is 71.2 Å². The number of hydrogen-bond donors (Lipinski definition) is 3. The summed E-state index contributed by atoms with van der Waals surface area (Å²) in [7, 11) is 0. The first-order valence-electron chi connectivity index (χ1n) is 3.85. The fourth-order valence-electron chi connectivity index (χ4n) is 0.845. The molecule has 0 atom stereocenters. The second-order valence-electron chi connectivity index (χ2n) is 2.45. The van der Waals surface area contributed by atoms with E-state index in [1.54, 1.807) is 0 Å². The summed E-state index contributed by atoms with van der Waals surface area (Å²) < 4.78 is 0. The molecule has 1 aromatic heterocycles. The van der Waals surface area contributed by atoms with Gasteiger partial charge in [-0.1, -0.05) is 6.92 Å². The van der Waals surface area contributed by atoms with E-state index in [1.165, 1.54) is 6.33 Å². The van der Waals surface area contributed by atoms with Crippen LogP contribution in [0.5, 0.6) is 0 Å². The zero-order valence-electron chi connectivity index (χ0n) is 7.04. The van der Waals surface area contributed by atoms with Gasteiger partial charge in [0.2, 0.25) is 0 Å². The van der Waals surface area contributed by atoms with E-state index in [2.05, 4.69) is 22.2 Å². The van der Waals surface area contributed by atoms with Gasteiger partial charge in [-0.05, 0) is 6.42 Å². The van der Waals surface area contributed by atoms with Gasteiger partial charge < -0.3 is 16.8 Å². The van der Waals surface area contributed by atoms with Gasteiger partial charge in [-0.2, -0.15) is 0 Å². The lowest BCUT2D eigenvalue weighted by atomic mass is 10.4. The molecule has 0 spiro atoms. The van der Waals surface area contributed by atoms with Gasteiger partial charge in [0.25, 0.3) is 0 Å². The summed E-state index contributed by atoms with van der Waals surface area (Å²) in [6.45, 7) is 2.88. The molecule has 0 aliphatic rings. The minimum Gasteiger partial charge on any atom is -0.382 e. The molecule has 1 aromatic rings. The van der Waals surface area contributed by atoms with Crippen molar-refractivity contribution in [3.05, 3.63) is 6.33 Å². The van der Waals surface area contributed by atoms with E-state index in [1.807, 2.05) is 0 Å². The Hall–Kier alpha value is -1.52. The summed E-state index contributed by atoms with van der Waals surface area (Å²) in [6.07, 6.45) is 2.36. The molecule has 5 heteroatoms. The van der Waals surface area contributed by atoms with Crippen molar-refractivity contribution in [2.24, 2.45) is 0 Å². The molecule has 0 aliphatic heterocycles. The maximum Gasteiger partial charge on any atom is 0.152 e. The van der Waals surface area contributed by atoms with Crippen molar-refractivity contribution in [3.8, 4) is 0 Å². The normalized spacial score (nSPS) is 9.75. The summed E-state index contributed by atoms with van der Waals surface area (Å²) in [5.41, 5.74) is 11.8. The zero-order valence-corrected chi connectivity index (χ0v) is 7.04. The molecule has 12 heavy (non-hydrogen) atoms. The van der Waals surface area contributed by atoms with Crippen LogP contribution >= 0.6 is 0 Å². The topological polar surface area (TPSA) is 89.8 Å². The first-order valence-corrected chi connectivity index (χ1v) is 3.85. The van der Waals surface area contributed by atoms with Crippen LogP contribution in [-0.4, -0.2) is 16.5 Å². The molecule has 0 fully saturated rings. The number of nitrogens with two attached hydrogens (primary N) is 2. The lowest BCUT2D eigenvalue weighted by Crippen LogP contribution is -2.08. The minimum absolute atomic E-state index is 0.399. The van der Waals surface area contributed by atoms with E-state index in [0.29, 0.717) is 17.3 Å². The van der Waals surface area contributed by atoms with E-state index in [4.69, 9.17) is 11.5 Å². The highest BCUT2D eigenvalue weighted by molar-refractivity contribution is 5.73. The minimum atomic E-state index is 0.399. The van der Waals surface area contributed by atoms with E-state index in [-0.39, 0.29) is 0 Å². The van der Waals surface area contributed by atoms with Crippen molar-refractivity contribution in [1.82, 2.24) is 9.97 Å². The molecule has 0 amide bonds. The van der Waals surface area contributed by atoms with Gasteiger partial charge in [0.15, 0.2) is 11.6 Å². The molecule has 0 saturated carbocycles. The van der Waals surface area contributed by atoms with Gasteiger partial charge in [-0.15, -0.1) is 0 Å². The van der Waals surface area contributed by atoms with Gasteiger partial charge in [0.05, 0.1) is 0 Å². The van der Waals surface area contributed by atoms with Crippen LogP contribution in [0.25, 0.3) is 0 Å². The summed E-state index contributed by atoms with van der Waals surface area (Å²) in [6, 6.07) is 0. The van der Waals surface area contributed by atoms with Crippen LogP contribution in [0.1, 0.15) is 13.3 Å². The van der Waals surface area contributed by atoms with Crippen molar-refractivity contribution in [1.29, 1.82) is 0 Å². The second kappa shape index (κ2) is 3.75. The molecule has 66 valence electrons. The number of nitrogen functional groups attached to an aromatic ring is 2. The molecule has 0 radical (unpaired) electrons. The second-order valence-corrected chi connectivity index (χ2v) is 2.45. The van der Waals surface area contributed by atoms with Crippen LogP contribution in [0.2, 0.25) is 0 Å². The van der Waals surface area contributed by atoms with Gasteiger partial charge in [-0.25, -0.2) is 9.97 Å². The number of hydrogen-bond acceptors (Lipinski definition) is 5. The predicted octanol–water partition coefficient (Wildman–Crippen LogP) is 0.463. The SMILES string of the molecule is CCCNc1c(N)ncnc1N. The van der Waals surface area contributed by atoms with Crippen molar-refractivity contribution in [2.45, 2.75) is 13.3 Å². The first kappa shape index (κ1) is 8.58. The molecule has 0 bridgehead atoms. The van der Waals surface area contributed by atoms with Crippen LogP contribution in [0.4, 0.5) is 17.3 Å². The Morgan fingerprint density at radius 2 is 1.92 bits per heavy atom. The Balaban J connectivity index is 2.81. The van der Waals surface area contributed by atoms with Gasteiger partial charge in [-0.3, -0.25) is 0 Å². The summed E-state index contributed by atoms with van der Waals surface area (Å²) in [5, 5.41) is 3.06. The molecule has 1 rings (SSSR count). The average molecular weight is 167 g/mol. The number of nitrogens with one attached hydrogen (secondary N) is 1. The molecule has 1 heterocycles. The molecule has 5 nitrogen and oxygen atoms in total. The maximum atomic E-state index is 5.57. The van der Waals surface area contributed by atoms with Crippen LogP contribution in [0, 0.1) is 0 Å². The van der Waals surface area contributed by atoms with E-state index < -0.39 is 0 Å². The Morgan fingerprint density at radius 1 is 1.33 bits per heavy atom. The molecule has 0 unspecified atom stereocenters. The third-order valence-corrected chi connectivity index (χ3v) is 1.46. The molecular weight excluding hydrogens is 154 g/mol. The third-order valence-electron chi connectivity index (χ3n) is 1.46. The summed E-state index contributed by atoms with van der Waals surface area (Å²) in [4.78, 5) is 7.63. The van der Waals surface area contributed by atoms with E-state index in [0.717, 1.165) is 13.0 Å². The lowest BCUT2D eigenvalue weighted by molar-refractivity contribution is 0.976. The van der Waals surface area contributed by atoms with Crippen molar-refractivity contribution >= 4 is 17.3 Å². The number of rotatable bonds is 3. The third kappa shape index (κ3) is 1.75. The lowest BCUT2D eigenvalue weighted by Gasteiger charge is -2.08. The monoisotopic (exact) mass is 167 g/mol. The van der Waals surface area contributed by atoms with Crippen LogP contribution in [0.15, 0.2) is 6.33 Å². The summed E-state index contributed by atoms with van der Waals surface area (Å²) in [5.74, 6) is 0.798. The number of aromatic nitrogens is 2. The van der Waals surface area contributed by atoms with E-state index >= 15 is 0 Å². The van der Waals surface area contributed by atoms with Crippen molar-refractivity contribution in [3.63, 3.8) is 0 Å². The number of nitrogens with zero attached hydrogens (tertiary/aromatic N) is 2. The summed E-state index contributed by atoms with van der Waals surface area (Å²) >= 11 is 0. The number of anilines is 3.